The second-order valence-electron chi connectivity index (χ2n) is 8.91. The maximum atomic E-state index is 12.5. The van der Waals surface area contributed by atoms with Gasteiger partial charge in [-0.3, -0.25) is 19.8 Å². The number of nitrogens with one attached hydrogen (secondary N) is 1. The highest BCUT2D eigenvalue weighted by Crippen LogP contribution is 2.22. The Hall–Kier alpha value is -2.68. The van der Waals surface area contributed by atoms with Gasteiger partial charge < -0.3 is 15.0 Å². The SMILES string of the molecule is Cc1cc([N+](=O)[O-])ccc1NC(=O)CN1CCCC(CN(C)C(=O)OC(C)(C)C)C1. The predicted octanol–water partition coefficient (Wildman–Crippen LogP) is 3.42. The number of benzene rings is 1. The fourth-order valence-electron chi connectivity index (χ4n) is 3.54. The summed E-state index contributed by atoms with van der Waals surface area (Å²) in [5, 5.41) is 13.7. The van der Waals surface area contributed by atoms with E-state index < -0.39 is 10.5 Å². The van der Waals surface area contributed by atoms with E-state index in [2.05, 4.69) is 10.2 Å². The predicted molar refractivity (Wildman–Crippen MR) is 114 cm³/mol. The third-order valence-electron chi connectivity index (χ3n) is 4.90. The van der Waals surface area contributed by atoms with Crippen LogP contribution < -0.4 is 5.32 Å². The lowest BCUT2D eigenvalue weighted by Gasteiger charge is -2.34. The number of likely N-dealkylation sites (tertiary alicyclic amines) is 1. The maximum Gasteiger partial charge on any atom is 0.410 e. The molecule has 9 heteroatoms. The fraction of sp³-hybridized carbons (Fsp3) is 0.619. The third-order valence-corrected chi connectivity index (χ3v) is 4.90. The lowest BCUT2D eigenvalue weighted by Crippen LogP contribution is -2.45. The Labute approximate surface area is 177 Å². The van der Waals surface area contributed by atoms with Crippen LogP contribution in [0.3, 0.4) is 0 Å². The molecule has 1 aromatic carbocycles. The van der Waals surface area contributed by atoms with E-state index in [1.54, 1.807) is 24.9 Å². The van der Waals surface area contributed by atoms with E-state index in [0.29, 0.717) is 17.8 Å². The van der Waals surface area contributed by atoms with Crippen LogP contribution in [0.15, 0.2) is 18.2 Å². The first-order valence-corrected chi connectivity index (χ1v) is 10.2. The number of carbonyl (C=O) groups is 2. The minimum absolute atomic E-state index is 0.00141. The van der Waals surface area contributed by atoms with Crippen molar-refractivity contribution in [1.82, 2.24) is 9.80 Å². The molecule has 1 fully saturated rings. The number of carbonyl (C=O) groups excluding carboxylic acids is 2. The second kappa shape index (κ2) is 9.88. The summed E-state index contributed by atoms with van der Waals surface area (Å²) in [4.78, 5) is 38.7. The van der Waals surface area contributed by atoms with Crippen LogP contribution in [-0.4, -0.2) is 65.6 Å². The zero-order chi connectivity index (χ0) is 22.5. The molecule has 0 radical (unpaired) electrons. The van der Waals surface area contributed by atoms with Gasteiger partial charge in [0.2, 0.25) is 5.91 Å². The van der Waals surface area contributed by atoms with Crippen molar-refractivity contribution in [2.24, 2.45) is 5.92 Å². The quantitative estimate of drug-likeness (QED) is 0.558. The van der Waals surface area contributed by atoms with Crippen LogP contribution in [0.25, 0.3) is 0 Å². The highest BCUT2D eigenvalue weighted by Gasteiger charge is 2.26. The molecule has 166 valence electrons. The van der Waals surface area contributed by atoms with Gasteiger partial charge in [-0.1, -0.05) is 0 Å². The van der Waals surface area contributed by atoms with Gasteiger partial charge in [-0.15, -0.1) is 0 Å². The largest absolute Gasteiger partial charge is 0.444 e. The molecule has 1 N–H and O–H groups in total. The highest BCUT2D eigenvalue weighted by atomic mass is 16.6. The summed E-state index contributed by atoms with van der Waals surface area (Å²) >= 11 is 0. The number of non-ortho nitro benzene ring substituents is 1. The molecule has 1 heterocycles. The van der Waals surface area contributed by atoms with Gasteiger partial charge in [0.1, 0.15) is 5.60 Å². The Morgan fingerprint density at radius 2 is 2.07 bits per heavy atom. The van der Waals surface area contributed by atoms with Crippen LogP contribution in [0.1, 0.15) is 39.2 Å². The van der Waals surface area contributed by atoms with E-state index >= 15 is 0 Å². The number of nitrogens with zero attached hydrogens (tertiary/aromatic N) is 3. The molecular weight excluding hydrogens is 388 g/mol. The van der Waals surface area contributed by atoms with Crippen molar-refractivity contribution in [2.45, 2.75) is 46.1 Å². The molecule has 1 aromatic rings. The van der Waals surface area contributed by atoms with Crippen molar-refractivity contribution in [3.63, 3.8) is 0 Å². The van der Waals surface area contributed by atoms with Crippen LogP contribution >= 0.6 is 0 Å². The monoisotopic (exact) mass is 420 g/mol. The number of anilines is 1. The summed E-state index contributed by atoms with van der Waals surface area (Å²) < 4.78 is 5.40. The number of nitro benzene ring substituents is 1. The van der Waals surface area contributed by atoms with E-state index in [9.17, 15) is 19.7 Å². The van der Waals surface area contributed by atoms with Gasteiger partial charge in [-0.2, -0.15) is 0 Å². The zero-order valence-electron chi connectivity index (χ0n) is 18.4. The highest BCUT2D eigenvalue weighted by molar-refractivity contribution is 5.93. The minimum atomic E-state index is -0.530. The first kappa shape index (κ1) is 23.6. The van der Waals surface area contributed by atoms with E-state index in [1.165, 1.54) is 12.1 Å². The number of nitro groups is 1. The van der Waals surface area contributed by atoms with Gasteiger partial charge >= 0.3 is 6.09 Å². The van der Waals surface area contributed by atoms with Gasteiger partial charge in [-0.05, 0) is 64.6 Å². The van der Waals surface area contributed by atoms with Crippen LogP contribution in [-0.2, 0) is 9.53 Å². The molecule has 1 atom stereocenters. The summed E-state index contributed by atoms with van der Waals surface area (Å²) in [5.74, 6) is 0.110. The molecule has 2 rings (SSSR count). The molecule has 0 bridgehead atoms. The first-order valence-electron chi connectivity index (χ1n) is 10.2. The molecule has 1 saturated heterocycles. The van der Waals surface area contributed by atoms with Crippen LogP contribution in [0, 0.1) is 23.0 Å². The number of hydrogen-bond donors (Lipinski definition) is 1. The summed E-state index contributed by atoms with van der Waals surface area (Å²) in [6.45, 7) is 9.60. The van der Waals surface area contributed by atoms with Gasteiger partial charge in [0.15, 0.2) is 0 Å². The molecule has 0 aliphatic carbocycles. The van der Waals surface area contributed by atoms with Crippen LogP contribution in [0.5, 0.6) is 0 Å². The number of amides is 2. The van der Waals surface area contributed by atoms with Gasteiger partial charge in [0, 0.05) is 38.0 Å². The Morgan fingerprint density at radius 1 is 1.37 bits per heavy atom. The zero-order valence-corrected chi connectivity index (χ0v) is 18.4. The van der Waals surface area contributed by atoms with Crippen molar-refractivity contribution >= 4 is 23.4 Å². The Bertz CT molecular complexity index is 790. The van der Waals surface area contributed by atoms with Crippen molar-refractivity contribution in [1.29, 1.82) is 0 Å². The van der Waals surface area contributed by atoms with E-state index in [0.717, 1.165) is 25.9 Å². The van der Waals surface area contributed by atoms with Crippen molar-refractivity contribution in [3.05, 3.63) is 33.9 Å². The Morgan fingerprint density at radius 3 is 2.67 bits per heavy atom. The molecule has 9 nitrogen and oxygen atoms in total. The lowest BCUT2D eigenvalue weighted by atomic mass is 9.97. The molecule has 2 amide bonds. The molecule has 1 unspecified atom stereocenters. The van der Waals surface area contributed by atoms with Gasteiger partial charge in [0.05, 0.1) is 11.5 Å². The standard InChI is InChI=1S/C21H32N4O5/c1-15-11-17(25(28)29)8-9-18(15)22-19(26)14-24-10-6-7-16(13-24)12-23(5)20(27)30-21(2,3)4/h8-9,11,16H,6-7,10,12-14H2,1-5H3,(H,22,26). The van der Waals surface area contributed by atoms with E-state index in [4.69, 9.17) is 4.74 Å². The number of piperidine rings is 1. The number of aryl methyl sites for hydroxylation is 1. The van der Waals surface area contributed by atoms with Crippen molar-refractivity contribution < 1.29 is 19.2 Å². The average Bonchev–Trinajstić information content (AvgIpc) is 2.62. The lowest BCUT2D eigenvalue weighted by molar-refractivity contribution is -0.384. The van der Waals surface area contributed by atoms with E-state index in [1.807, 2.05) is 20.8 Å². The summed E-state index contributed by atoms with van der Waals surface area (Å²) in [6, 6.07) is 4.38. The molecule has 30 heavy (non-hydrogen) atoms. The van der Waals surface area contributed by atoms with Gasteiger partial charge in [0.25, 0.3) is 5.69 Å². The Balaban J connectivity index is 1.86. The fourth-order valence-corrected chi connectivity index (χ4v) is 3.54. The smallest absolute Gasteiger partial charge is 0.410 e. The average molecular weight is 421 g/mol. The number of rotatable bonds is 6. The minimum Gasteiger partial charge on any atom is -0.444 e. The molecule has 0 spiro atoms. The van der Waals surface area contributed by atoms with Gasteiger partial charge in [-0.25, -0.2) is 4.79 Å². The van der Waals surface area contributed by atoms with Crippen LogP contribution in [0.4, 0.5) is 16.2 Å². The number of ether oxygens (including phenoxy) is 1. The topological polar surface area (TPSA) is 105 Å². The molecule has 1 aliphatic rings. The summed E-state index contributed by atoms with van der Waals surface area (Å²) in [5.41, 5.74) is 0.688. The number of hydrogen-bond acceptors (Lipinski definition) is 6. The summed E-state index contributed by atoms with van der Waals surface area (Å²) in [6.07, 6.45) is 1.61. The summed E-state index contributed by atoms with van der Waals surface area (Å²) in [7, 11) is 1.73. The molecule has 0 aromatic heterocycles. The third kappa shape index (κ3) is 7.29. The van der Waals surface area contributed by atoms with Crippen LogP contribution in [0.2, 0.25) is 0 Å². The van der Waals surface area contributed by atoms with E-state index in [-0.39, 0.29) is 30.2 Å². The van der Waals surface area contributed by atoms with Crippen molar-refractivity contribution in [3.8, 4) is 0 Å². The van der Waals surface area contributed by atoms with Crippen molar-refractivity contribution in [2.75, 3.05) is 38.5 Å². The molecule has 0 saturated carbocycles. The first-order chi connectivity index (χ1) is 13.9. The maximum absolute atomic E-state index is 12.5. The molecular formula is C21H32N4O5. The Kier molecular flexibility index (Phi) is 7.77. The molecule has 1 aliphatic heterocycles. The normalized spacial score (nSPS) is 17.3. The second-order valence-corrected chi connectivity index (χ2v) is 8.91.